The van der Waals surface area contributed by atoms with Crippen molar-refractivity contribution in [3.05, 3.63) is 28.5 Å². The summed E-state index contributed by atoms with van der Waals surface area (Å²) in [5.41, 5.74) is 2.56. The molecule has 1 aromatic heterocycles. The van der Waals surface area contributed by atoms with Gasteiger partial charge in [0.1, 0.15) is 4.60 Å². The van der Waals surface area contributed by atoms with Crippen LogP contribution in [0.4, 0.5) is 0 Å². The maximum atomic E-state index is 5.32. The molecule has 96 valence electrons. The fourth-order valence-corrected chi connectivity index (χ4v) is 3.38. The van der Waals surface area contributed by atoms with Crippen LogP contribution in [-0.2, 0) is 0 Å². The average Bonchev–Trinajstić information content (AvgIpc) is 2.83. The number of methoxy groups -OCH3 is 1. The summed E-state index contributed by atoms with van der Waals surface area (Å²) in [6.07, 6.45) is 8.10. The van der Waals surface area contributed by atoms with Crippen molar-refractivity contribution in [2.24, 2.45) is 5.92 Å². The van der Waals surface area contributed by atoms with Gasteiger partial charge in [-0.05, 0) is 59.3 Å². The van der Waals surface area contributed by atoms with E-state index in [0.29, 0.717) is 6.04 Å². The number of hydrogen-bond donors (Lipinski definition) is 1. The molecule has 2 atom stereocenters. The lowest BCUT2D eigenvalue weighted by atomic mass is 9.89. The Morgan fingerprint density at radius 2 is 2.39 bits per heavy atom. The molecule has 18 heavy (non-hydrogen) atoms. The van der Waals surface area contributed by atoms with Crippen LogP contribution >= 0.6 is 15.9 Å². The Bertz CT molecular complexity index is 487. The first-order valence-corrected chi connectivity index (χ1v) is 7.22. The van der Waals surface area contributed by atoms with E-state index in [2.05, 4.69) is 38.4 Å². The molecular formula is C14H17BrN2O. The Morgan fingerprint density at radius 1 is 1.50 bits per heavy atom. The normalized spacial score (nSPS) is 26.7. The number of ether oxygens (including phenoxy) is 1. The van der Waals surface area contributed by atoms with Gasteiger partial charge in [0.05, 0.1) is 7.11 Å². The number of rotatable bonds is 2. The van der Waals surface area contributed by atoms with Crippen molar-refractivity contribution < 1.29 is 4.74 Å². The van der Waals surface area contributed by atoms with Gasteiger partial charge < -0.3 is 10.1 Å². The summed E-state index contributed by atoms with van der Waals surface area (Å²) in [6.45, 7) is 1.12. The van der Waals surface area contributed by atoms with E-state index >= 15 is 0 Å². The molecule has 4 heteroatoms. The first kappa shape index (κ1) is 12.2. The van der Waals surface area contributed by atoms with Gasteiger partial charge in [0.15, 0.2) is 5.75 Å². The van der Waals surface area contributed by atoms with Gasteiger partial charge in [-0.2, -0.15) is 0 Å². The zero-order valence-electron chi connectivity index (χ0n) is 10.4. The average molecular weight is 309 g/mol. The van der Waals surface area contributed by atoms with E-state index in [1.807, 2.05) is 6.20 Å². The van der Waals surface area contributed by atoms with Crippen molar-refractivity contribution in [1.29, 1.82) is 0 Å². The third-order valence-electron chi connectivity index (χ3n) is 3.92. The van der Waals surface area contributed by atoms with Crippen molar-refractivity contribution in [3.63, 3.8) is 0 Å². The Hall–Kier alpha value is -0.870. The molecule has 0 bridgehead atoms. The van der Waals surface area contributed by atoms with Gasteiger partial charge in [-0.25, -0.2) is 4.98 Å². The summed E-state index contributed by atoms with van der Waals surface area (Å²) in [4.78, 5) is 4.36. The summed E-state index contributed by atoms with van der Waals surface area (Å²) in [5, 5.41) is 3.63. The second-order valence-electron chi connectivity index (χ2n) is 4.95. The quantitative estimate of drug-likeness (QED) is 0.853. The SMILES string of the molecule is COc1cc(C2=CC[C@@H]3CCCN[C@H]23)cnc1Br. The Balaban J connectivity index is 1.91. The van der Waals surface area contributed by atoms with E-state index in [0.717, 1.165) is 22.8 Å². The van der Waals surface area contributed by atoms with Crippen molar-refractivity contribution in [2.45, 2.75) is 25.3 Å². The molecule has 1 fully saturated rings. The predicted molar refractivity (Wildman–Crippen MR) is 75.6 cm³/mol. The molecule has 1 saturated heterocycles. The van der Waals surface area contributed by atoms with Crippen LogP contribution in [0.25, 0.3) is 5.57 Å². The Kier molecular flexibility index (Phi) is 3.39. The molecule has 3 rings (SSSR count). The van der Waals surface area contributed by atoms with Crippen LogP contribution in [-0.4, -0.2) is 24.7 Å². The van der Waals surface area contributed by atoms with Crippen LogP contribution < -0.4 is 10.1 Å². The van der Waals surface area contributed by atoms with Gasteiger partial charge in [-0.15, -0.1) is 0 Å². The highest BCUT2D eigenvalue weighted by atomic mass is 79.9. The molecule has 3 nitrogen and oxygen atoms in total. The first-order valence-electron chi connectivity index (χ1n) is 6.43. The molecule has 0 spiro atoms. The van der Waals surface area contributed by atoms with Crippen LogP contribution in [0.1, 0.15) is 24.8 Å². The van der Waals surface area contributed by atoms with Crippen LogP contribution in [0, 0.1) is 5.92 Å². The van der Waals surface area contributed by atoms with E-state index in [4.69, 9.17) is 4.74 Å². The first-order chi connectivity index (χ1) is 8.79. The molecule has 1 aromatic rings. The third kappa shape index (κ3) is 2.08. The van der Waals surface area contributed by atoms with Crippen molar-refractivity contribution in [2.75, 3.05) is 13.7 Å². The number of pyridine rings is 1. The van der Waals surface area contributed by atoms with E-state index < -0.39 is 0 Å². The Morgan fingerprint density at radius 3 is 3.22 bits per heavy atom. The van der Waals surface area contributed by atoms with Gasteiger partial charge in [0.2, 0.25) is 0 Å². The predicted octanol–water partition coefficient (Wildman–Crippen LogP) is 3.01. The van der Waals surface area contributed by atoms with Crippen LogP contribution in [0.2, 0.25) is 0 Å². The highest BCUT2D eigenvalue weighted by Gasteiger charge is 2.32. The zero-order chi connectivity index (χ0) is 12.5. The highest BCUT2D eigenvalue weighted by Crippen LogP contribution is 2.38. The molecular weight excluding hydrogens is 292 g/mol. The summed E-state index contributed by atoms with van der Waals surface area (Å²) in [7, 11) is 1.68. The molecule has 2 aliphatic rings. The number of nitrogens with zero attached hydrogens (tertiary/aromatic N) is 1. The third-order valence-corrected chi connectivity index (χ3v) is 4.52. The zero-order valence-corrected chi connectivity index (χ0v) is 12.0. The maximum absolute atomic E-state index is 5.32. The topological polar surface area (TPSA) is 34.1 Å². The van der Waals surface area contributed by atoms with E-state index in [1.54, 1.807) is 7.11 Å². The number of hydrogen-bond acceptors (Lipinski definition) is 3. The van der Waals surface area contributed by atoms with E-state index in [1.165, 1.54) is 30.4 Å². The van der Waals surface area contributed by atoms with E-state index in [-0.39, 0.29) is 0 Å². The molecule has 0 unspecified atom stereocenters. The molecule has 0 saturated carbocycles. The summed E-state index contributed by atoms with van der Waals surface area (Å²) < 4.78 is 6.09. The van der Waals surface area contributed by atoms with Gasteiger partial charge in [0.25, 0.3) is 0 Å². The Labute approximate surface area is 116 Å². The minimum atomic E-state index is 0.506. The van der Waals surface area contributed by atoms with Gasteiger partial charge >= 0.3 is 0 Å². The number of allylic oxidation sites excluding steroid dienone is 1. The van der Waals surface area contributed by atoms with Crippen LogP contribution in [0.5, 0.6) is 5.75 Å². The van der Waals surface area contributed by atoms with Crippen LogP contribution in [0.15, 0.2) is 22.9 Å². The smallest absolute Gasteiger partial charge is 0.152 e. The summed E-state index contributed by atoms with van der Waals surface area (Å²) in [5.74, 6) is 1.57. The summed E-state index contributed by atoms with van der Waals surface area (Å²) >= 11 is 3.40. The van der Waals surface area contributed by atoms with Gasteiger partial charge in [-0.3, -0.25) is 0 Å². The van der Waals surface area contributed by atoms with E-state index in [9.17, 15) is 0 Å². The molecule has 1 aliphatic heterocycles. The molecule has 0 radical (unpaired) electrons. The standard InChI is InChI=1S/C14H17BrN2O/c1-18-12-7-10(8-17-14(12)15)11-5-4-9-3-2-6-16-13(9)11/h5,7-9,13,16H,2-4,6H2,1H3/t9-,13-/m0/s1. The molecule has 1 N–H and O–H groups in total. The maximum Gasteiger partial charge on any atom is 0.152 e. The van der Waals surface area contributed by atoms with Gasteiger partial charge in [-0.1, -0.05) is 6.08 Å². The number of halogens is 1. The monoisotopic (exact) mass is 308 g/mol. The largest absolute Gasteiger partial charge is 0.494 e. The van der Waals surface area contributed by atoms with Crippen molar-refractivity contribution in [3.8, 4) is 5.75 Å². The fourth-order valence-electron chi connectivity index (χ4n) is 3.00. The minimum absolute atomic E-state index is 0.506. The number of piperidine rings is 1. The lowest BCUT2D eigenvalue weighted by Gasteiger charge is -2.29. The van der Waals surface area contributed by atoms with Crippen LogP contribution in [0.3, 0.4) is 0 Å². The van der Waals surface area contributed by atoms with Gasteiger partial charge in [0, 0.05) is 17.8 Å². The molecule has 1 aliphatic carbocycles. The fraction of sp³-hybridized carbons (Fsp3) is 0.500. The minimum Gasteiger partial charge on any atom is -0.494 e. The lowest BCUT2D eigenvalue weighted by molar-refractivity contribution is 0.345. The highest BCUT2D eigenvalue weighted by molar-refractivity contribution is 9.10. The lowest BCUT2D eigenvalue weighted by Crippen LogP contribution is -2.39. The second kappa shape index (κ2) is 5.02. The molecule has 0 amide bonds. The number of aromatic nitrogens is 1. The summed E-state index contributed by atoms with van der Waals surface area (Å²) in [6, 6.07) is 2.58. The van der Waals surface area contributed by atoms with Crippen molar-refractivity contribution in [1.82, 2.24) is 10.3 Å². The molecule has 2 heterocycles. The number of nitrogens with one attached hydrogen (secondary N) is 1. The second-order valence-corrected chi connectivity index (χ2v) is 5.70. The van der Waals surface area contributed by atoms with Crippen molar-refractivity contribution >= 4 is 21.5 Å². The number of fused-ring (bicyclic) bond motifs is 1. The molecule has 0 aromatic carbocycles.